The Morgan fingerprint density at radius 2 is 1.93 bits per heavy atom. The fourth-order valence-corrected chi connectivity index (χ4v) is 1.29. The van der Waals surface area contributed by atoms with Crippen LogP contribution < -0.4 is 4.85 Å². The predicted octanol–water partition coefficient (Wildman–Crippen LogP) is 0.586. The zero-order valence-corrected chi connectivity index (χ0v) is 7.85. The minimum atomic E-state index is -0.504. The largest absolute Gasteiger partial charge is 0.594 e. The molecule has 0 aliphatic carbocycles. The van der Waals surface area contributed by atoms with Gasteiger partial charge in [0.1, 0.15) is 5.52 Å². The molecule has 1 aromatic carbocycles. The molecule has 0 amide bonds. The molecule has 2 aromatic rings. The van der Waals surface area contributed by atoms with Crippen molar-refractivity contribution in [2.45, 2.75) is 13.8 Å². The minimum absolute atomic E-state index is 0.367. The summed E-state index contributed by atoms with van der Waals surface area (Å²) in [6.07, 6.45) is 0. The predicted molar refractivity (Wildman–Crippen MR) is 49.6 cm³/mol. The van der Waals surface area contributed by atoms with E-state index in [0.29, 0.717) is 15.9 Å². The van der Waals surface area contributed by atoms with Crippen molar-refractivity contribution in [1.82, 2.24) is 10.1 Å². The van der Waals surface area contributed by atoms with Crippen LogP contribution in [0.2, 0.25) is 0 Å². The quantitative estimate of drug-likeness (QED) is 0.488. The van der Waals surface area contributed by atoms with Gasteiger partial charge in [0.25, 0.3) is 5.52 Å². The second kappa shape index (κ2) is 2.80. The maximum Gasteiger partial charge on any atom is 0.378 e. The maximum absolute atomic E-state index is 11.3. The first-order valence-electron chi connectivity index (χ1n) is 4.16. The van der Waals surface area contributed by atoms with Gasteiger partial charge in [-0.05, 0) is 35.9 Å². The monoisotopic (exact) mass is 191 g/mol. The van der Waals surface area contributed by atoms with Crippen LogP contribution in [0.15, 0.2) is 12.1 Å². The SMILES string of the molecule is Cc1cc2nc(O)n[n+]([O-])c2cc1C. The summed E-state index contributed by atoms with van der Waals surface area (Å²) in [5.74, 6) is 0. The summed E-state index contributed by atoms with van der Waals surface area (Å²) < 4.78 is 0. The lowest BCUT2D eigenvalue weighted by molar-refractivity contribution is -0.643. The average molecular weight is 191 g/mol. The molecule has 0 saturated carbocycles. The first kappa shape index (κ1) is 8.68. The average Bonchev–Trinajstić information content (AvgIpc) is 2.08. The molecule has 0 saturated heterocycles. The highest BCUT2D eigenvalue weighted by molar-refractivity contribution is 5.73. The van der Waals surface area contributed by atoms with Crippen molar-refractivity contribution in [2.75, 3.05) is 0 Å². The number of hydrogen-bond donors (Lipinski definition) is 1. The van der Waals surface area contributed by atoms with Gasteiger partial charge in [-0.1, -0.05) is 0 Å². The molecule has 1 aromatic heterocycles. The molecule has 0 atom stereocenters. The Kier molecular flexibility index (Phi) is 1.73. The fraction of sp³-hybridized carbons (Fsp3) is 0.222. The van der Waals surface area contributed by atoms with Crippen molar-refractivity contribution in [3.8, 4) is 6.01 Å². The van der Waals surface area contributed by atoms with E-state index in [1.807, 2.05) is 13.8 Å². The third-order valence-electron chi connectivity index (χ3n) is 2.20. The number of aromatic nitrogens is 3. The number of aromatic hydroxyl groups is 1. The third-order valence-corrected chi connectivity index (χ3v) is 2.20. The topological polar surface area (TPSA) is 73.0 Å². The van der Waals surface area contributed by atoms with Crippen molar-refractivity contribution >= 4 is 11.0 Å². The maximum atomic E-state index is 11.3. The van der Waals surface area contributed by atoms with Crippen LogP contribution in [0.3, 0.4) is 0 Å². The number of fused-ring (bicyclic) bond motifs is 1. The number of benzene rings is 1. The van der Waals surface area contributed by atoms with Crippen LogP contribution in [0.4, 0.5) is 0 Å². The Labute approximate surface area is 80.2 Å². The zero-order valence-electron chi connectivity index (χ0n) is 7.85. The Hall–Kier alpha value is -1.91. The third kappa shape index (κ3) is 1.22. The van der Waals surface area contributed by atoms with Gasteiger partial charge in [-0.25, -0.2) is 0 Å². The lowest BCUT2D eigenvalue weighted by Crippen LogP contribution is -2.32. The van der Waals surface area contributed by atoms with Gasteiger partial charge in [0.2, 0.25) is 0 Å². The summed E-state index contributed by atoms with van der Waals surface area (Å²) in [4.78, 5) is 4.14. The summed E-state index contributed by atoms with van der Waals surface area (Å²) in [6, 6.07) is 2.95. The molecule has 5 nitrogen and oxygen atoms in total. The Morgan fingerprint density at radius 1 is 1.29 bits per heavy atom. The molecule has 0 unspecified atom stereocenters. The minimum Gasteiger partial charge on any atom is -0.594 e. The van der Waals surface area contributed by atoms with E-state index >= 15 is 0 Å². The van der Waals surface area contributed by atoms with Crippen LogP contribution in [-0.4, -0.2) is 15.2 Å². The van der Waals surface area contributed by atoms with Gasteiger partial charge in [-0.3, -0.25) is 0 Å². The molecule has 1 N–H and O–H groups in total. The lowest BCUT2D eigenvalue weighted by atomic mass is 10.1. The van der Waals surface area contributed by atoms with Gasteiger partial charge in [0.05, 0.1) is 5.10 Å². The fourth-order valence-electron chi connectivity index (χ4n) is 1.29. The Morgan fingerprint density at radius 3 is 2.64 bits per heavy atom. The molecular formula is C9H9N3O2. The summed E-state index contributed by atoms with van der Waals surface area (Å²) in [5.41, 5.74) is 2.84. The van der Waals surface area contributed by atoms with Crippen LogP contribution in [0.25, 0.3) is 11.0 Å². The molecular weight excluding hydrogens is 182 g/mol. The van der Waals surface area contributed by atoms with Crippen LogP contribution in [0.1, 0.15) is 11.1 Å². The second-order valence-electron chi connectivity index (χ2n) is 3.21. The van der Waals surface area contributed by atoms with Gasteiger partial charge in [-0.2, -0.15) is 4.98 Å². The number of rotatable bonds is 0. The van der Waals surface area contributed by atoms with Crippen LogP contribution in [0.5, 0.6) is 6.01 Å². The summed E-state index contributed by atoms with van der Waals surface area (Å²) in [5, 5.41) is 23.6. The molecule has 1 heterocycles. The lowest BCUT2D eigenvalue weighted by Gasteiger charge is -2.02. The van der Waals surface area contributed by atoms with Gasteiger partial charge in [-0.15, -0.1) is 0 Å². The summed E-state index contributed by atoms with van der Waals surface area (Å²) in [6.45, 7) is 3.82. The molecule has 0 radical (unpaired) electrons. The highest BCUT2D eigenvalue weighted by Crippen LogP contribution is 2.15. The van der Waals surface area contributed by atoms with Crippen molar-refractivity contribution in [1.29, 1.82) is 0 Å². The number of aryl methyl sites for hydroxylation is 2. The van der Waals surface area contributed by atoms with E-state index in [2.05, 4.69) is 10.1 Å². The van der Waals surface area contributed by atoms with E-state index < -0.39 is 6.01 Å². The van der Waals surface area contributed by atoms with Crippen molar-refractivity contribution in [3.63, 3.8) is 0 Å². The Bertz CT molecular complexity index is 511. The molecule has 0 fully saturated rings. The van der Waals surface area contributed by atoms with E-state index in [-0.39, 0.29) is 0 Å². The second-order valence-corrected chi connectivity index (χ2v) is 3.21. The standard InChI is InChI=1S/C9H9N3O2/c1-5-3-7-8(4-6(5)2)12(14)11-9(13)10-7/h3-4H,1-2H3,(H,10,11,13). The molecule has 0 bridgehead atoms. The normalized spacial score (nSPS) is 10.7. The van der Waals surface area contributed by atoms with E-state index in [0.717, 1.165) is 11.1 Å². The molecule has 0 aliphatic rings. The van der Waals surface area contributed by atoms with Gasteiger partial charge >= 0.3 is 6.01 Å². The van der Waals surface area contributed by atoms with E-state index in [4.69, 9.17) is 5.11 Å². The molecule has 0 aliphatic heterocycles. The van der Waals surface area contributed by atoms with Crippen LogP contribution >= 0.6 is 0 Å². The smallest absolute Gasteiger partial charge is 0.378 e. The molecule has 72 valence electrons. The first-order chi connectivity index (χ1) is 6.58. The van der Waals surface area contributed by atoms with E-state index in [1.54, 1.807) is 12.1 Å². The highest BCUT2D eigenvalue weighted by Gasteiger charge is 2.10. The van der Waals surface area contributed by atoms with Crippen molar-refractivity contribution < 1.29 is 9.95 Å². The highest BCUT2D eigenvalue weighted by atomic mass is 16.5. The van der Waals surface area contributed by atoms with Crippen LogP contribution in [0, 0.1) is 19.1 Å². The van der Waals surface area contributed by atoms with E-state index in [9.17, 15) is 5.21 Å². The molecule has 0 spiro atoms. The number of nitrogens with zero attached hydrogens (tertiary/aromatic N) is 3. The van der Waals surface area contributed by atoms with Crippen LogP contribution in [-0.2, 0) is 0 Å². The van der Waals surface area contributed by atoms with Gasteiger partial charge in [0, 0.05) is 6.07 Å². The number of hydrogen-bond acceptors (Lipinski definition) is 4. The first-order valence-corrected chi connectivity index (χ1v) is 4.16. The molecule has 5 heteroatoms. The van der Waals surface area contributed by atoms with Gasteiger partial charge in [0.15, 0.2) is 0 Å². The van der Waals surface area contributed by atoms with E-state index in [1.165, 1.54) is 0 Å². The summed E-state index contributed by atoms with van der Waals surface area (Å²) >= 11 is 0. The molecule has 14 heavy (non-hydrogen) atoms. The van der Waals surface area contributed by atoms with Gasteiger partial charge < -0.3 is 10.3 Å². The molecule has 2 rings (SSSR count). The Balaban J connectivity index is 2.89. The summed E-state index contributed by atoms with van der Waals surface area (Å²) in [7, 11) is 0. The zero-order chi connectivity index (χ0) is 10.3. The van der Waals surface area contributed by atoms with Crippen molar-refractivity contribution in [2.24, 2.45) is 0 Å². The van der Waals surface area contributed by atoms with Crippen molar-refractivity contribution in [3.05, 3.63) is 28.5 Å².